The molecular formula is C29H30N2O3S. The number of hydrogen-bond donors (Lipinski definition) is 0. The summed E-state index contributed by atoms with van der Waals surface area (Å²) in [5.74, 6) is 1.31. The first-order chi connectivity index (χ1) is 17.0. The van der Waals surface area contributed by atoms with Gasteiger partial charge in [-0.2, -0.15) is 0 Å². The molecule has 1 atom stereocenters. The number of carbonyl (C=O) groups is 1. The molecule has 0 saturated heterocycles. The molecule has 3 aromatic rings. The lowest BCUT2D eigenvalue weighted by Gasteiger charge is -2.34. The number of carbonyl (C=O) groups excluding carboxylic acids is 1. The Balaban J connectivity index is 1.71. The number of Topliss-reactive ketones (excluding diaryl/α,β-unsaturated/α-hetero) is 1. The summed E-state index contributed by atoms with van der Waals surface area (Å²) in [6, 6.07) is 25.5. The molecule has 5 nitrogen and oxygen atoms in total. The minimum absolute atomic E-state index is 0.000279. The Labute approximate surface area is 211 Å². The van der Waals surface area contributed by atoms with Gasteiger partial charge < -0.3 is 9.47 Å². The predicted octanol–water partition coefficient (Wildman–Crippen LogP) is 6.81. The third kappa shape index (κ3) is 5.43. The molecule has 3 aromatic carbocycles. The second-order valence-corrected chi connectivity index (χ2v) is 8.93. The highest BCUT2D eigenvalue weighted by molar-refractivity contribution is 8.13. The Morgan fingerprint density at radius 1 is 0.971 bits per heavy atom. The molecule has 0 aliphatic carbocycles. The maximum atomic E-state index is 12.9. The van der Waals surface area contributed by atoms with Crippen LogP contribution >= 0.6 is 11.8 Å². The van der Waals surface area contributed by atoms with Crippen molar-refractivity contribution in [3.63, 3.8) is 0 Å². The Morgan fingerprint density at radius 2 is 1.66 bits per heavy atom. The number of aliphatic imine (C=N–C) groups is 1. The van der Waals surface area contributed by atoms with Crippen molar-refractivity contribution in [2.75, 3.05) is 17.8 Å². The molecule has 6 heteroatoms. The van der Waals surface area contributed by atoms with Gasteiger partial charge in [-0.25, -0.2) is 4.99 Å². The van der Waals surface area contributed by atoms with Gasteiger partial charge in [0, 0.05) is 17.0 Å². The Hall–Kier alpha value is -3.51. The van der Waals surface area contributed by atoms with Crippen LogP contribution in [0.5, 0.6) is 11.5 Å². The lowest BCUT2D eigenvalue weighted by atomic mass is 9.93. The number of allylic oxidation sites excluding steroid dienone is 1. The minimum Gasteiger partial charge on any atom is -0.490 e. The molecule has 0 bridgehead atoms. The third-order valence-electron chi connectivity index (χ3n) is 5.83. The molecule has 35 heavy (non-hydrogen) atoms. The van der Waals surface area contributed by atoms with Gasteiger partial charge in [0.1, 0.15) is 12.6 Å². The molecule has 1 aliphatic rings. The SMILES string of the molecule is CCOc1cc([C@H]2N=C(SC)N(c3ccccc3)C(C)=C2C(C)=O)ccc1OCc1ccccc1. The second-order valence-electron chi connectivity index (χ2n) is 8.16. The van der Waals surface area contributed by atoms with Crippen molar-refractivity contribution in [2.24, 2.45) is 4.99 Å². The lowest BCUT2D eigenvalue weighted by Crippen LogP contribution is -2.34. The van der Waals surface area contributed by atoms with E-state index < -0.39 is 6.04 Å². The summed E-state index contributed by atoms with van der Waals surface area (Å²) < 4.78 is 12.0. The number of hydrogen-bond acceptors (Lipinski definition) is 6. The van der Waals surface area contributed by atoms with E-state index in [0.717, 1.165) is 27.7 Å². The van der Waals surface area contributed by atoms with Crippen molar-refractivity contribution < 1.29 is 14.3 Å². The molecule has 0 radical (unpaired) electrons. The van der Waals surface area contributed by atoms with Crippen molar-refractivity contribution in [2.45, 2.75) is 33.4 Å². The average Bonchev–Trinajstić information content (AvgIpc) is 2.88. The van der Waals surface area contributed by atoms with Crippen molar-refractivity contribution >= 4 is 28.4 Å². The van der Waals surface area contributed by atoms with Gasteiger partial charge in [0.2, 0.25) is 0 Å². The van der Waals surface area contributed by atoms with E-state index in [1.54, 1.807) is 18.7 Å². The van der Waals surface area contributed by atoms with Crippen LogP contribution in [0.2, 0.25) is 0 Å². The smallest absolute Gasteiger partial charge is 0.168 e. The number of benzene rings is 3. The van der Waals surface area contributed by atoms with E-state index in [1.165, 1.54) is 0 Å². The van der Waals surface area contributed by atoms with Gasteiger partial charge in [0.15, 0.2) is 22.4 Å². The highest BCUT2D eigenvalue weighted by atomic mass is 32.2. The number of amidine groups is 1. The summed E-state index contributed by atoms with van der Waals surface area (Å²) in [6.07, 6.45) is 2.00. The van der Waals surface area contributed by atoms with E-state index in [9.17, 15) is 4.79 Å². The third-order valence-corrected chi connectivity index (χ3v) is 6.48. The van der Waals surface area contributed by atoms with Crippen molar-refractivity contribution in [1.82, 2.24) is 0 Å². The van der Waals surface area contributed by atoms with E-state index in [0.29, 0.717) is 30.3 Å². The molecule has 180 valence electrons. The number of nitrogens with zero attached hydrogens (tertiary/aromatic N) is 2. The molecular weight excluding hydrogens is 456 g/mol. The molecule has 1 aliphatic heterocycles. The molecule has 4 rings (SSSR count). The first-order valence-corrected chi connectivity index (χ1v) is 12.9. The standard InChI is InChI=1S/C29H30N2O3S/c1-5-33-26-18-23(16-17-25(26)34-19-22-12-8-6-9-13-22)28-27(21(3)32)20(2)31(29(30-28)35-4)24-14-10-7-11-15-24/h6-18,28H,5,19H2,1-4H3/t28-/m1/s1. The van der Waals surface area contributed by atoms with Gasteiger partial charge in [-0.3, -0.25) is 9.69 Å². The maximum Gasteiger partial charge on any atom is 0.168 e. The van der Waals surface area contributed by atoms with Crippen LogP contribution in [0.1, 0.15) is 37.9 Å². The summed E-state index contributed by atoms with van der Waals surface area (Å²) in [5, 5.41) is 0.839. The number of anilines is 1. The van der Waals surface area contributed by atoms with E-state index in [1.807, 2.05) is 99.0 Å². The molecule has 1 heterocycles. The number of para-hydroxylation sites is 1. The van der Waals surface area contributed by atoms with Gasteiger partial charge in [-0.05, 0) is 62.4 Å². The van der Waals surface area contributed by atoms with Crippen LogP contribution < -0.4 is 14.4 Å². The molecule has 0 unspecified atom stereocenters. The normalized spacial score (nSPS) is 15.6. The molecule has 0 saturated carbocycles. The fourth-order valence-electron chi connectivity index (χ4n) is 4.23. The summed E-state index contributed by atoms with van der Waals surface area (Å²) in [5.41, 5.74) is 4.51. The molecule has 0 fully saturated rings. The molecule has 0 spiro atoms. The topological polar surface area (TPSA) is 51.1 Å². The zero-order chi connectivity index (χ0) is 24.8. The van der Waals surface area contributed by atoms with E-state index in [-0.39, 0.29) is 5.78 Å². The Bertz CT molecular complexity index is 1240. The van der Waals surface area contributed by atoms with Crippen molar-refractivity contribution in [1.29, 1.82) is 0 Å². The van der Waals surface area contributed by atoms with Crippen LogP contribution in [0.3, 0.4) is 0 Å². The number of ketones is 1. The Kier molecular flexibility index (Phi) is 7.93. The fourth-order valence-corrected chi connectivity index (χ4v) is 4.86. The molecule has 0 N–H and O–H groups in total. The second kappa shape index (κ2) is 11.3. The van der Waals surface area contributed by atoms with E-state index in [2.05, 4.69) is 4.90 Å². The largest absolute Gasteiger partial charge is 0.490 e. The number of ether oxygens (including phenoxy) is 2. The quantitative estimate of drug-likeness (QED) is 0.350. The molecule has 0 aromatic heterocycles. The highest BCUT2D eigenvalue weighted by Crippen LogP contribution is 2.41. The van der Waals surface area contributed by atoms with Gasteiger partial charge >= 0.3 is 0 Å². The zero-order valence-corrected chi connectivity index (χ0v) is 21.3. The van der Waals surface area contributed by atoms with Gasteiger partial charge in [0.25, 0.3) is 0 Å². The van der Waals surface area contributed by atoms with Crippen LogP contribution in [0.4, 0.5) is 5.69 Å². The first kappa shape index (κ1) is 24.6. The molecule has 0 amide bonds. The predicted molar refractivity (Wildman–Crippen MR) is 144 cm³/mol. The fraction of sp³-hybridized carbons (Fsp3) is 0.241. The maximum absolute atomic E-state index is 12.9. The van der Waals surface area contributed by atoms with Crippen molar-refractivity contribution in [3.05, 3.63) is 101 Å². The van der Waals surface area contributed by atoms with E-state index in [4.69, 9.17) is 14.5 Å². The van der Waals surface area contributed by atoms with Crippen molar-refractivity contribution in [3.8, 4) is 11.5 Å². The minimum atomic E-state index is -0.419. The van der Waals surface area contributed by atoms with Crippen LogP contribution in [0, 0.1) is 0 Å². The summed E-state index contributed by atoms with van der Waals surface area (Å²) in [4.78, 5) is 20.0. The summed E-state index contributed by atoms with van der Waals surface area (Å²) >= 11 is 1.56. The van der Waals surface area contributed by atoms with Crippen LogP contribution in [0.15, 0.2) is 95.1 Å². The first-order valence-electron chi connectivity index (χ1n) is 11.7. The van der Waals surface area contributed by atoms with Crippen LogP contribution in [-0.2, 0) is 11.4 Å². The van der Waals surface area contributed by atoms with Crippen LogP contribution in [0.25, 0.3) is 0 Å². The monoisotopic (exact) mass is 486 g/mol. The number of rotatable bonds is 8. The van der Waals surface area contributed by atoms with Gasteiger partial charge in [0.05, 0.1) is 6.61 Å². The van der Waals surface area contributed by atoms with Gasteiger partial charge in [-0.15, -0.1) is 0 Å². The van der Waals surface area contributed by atoms with E-state index >= 15 is 0 Å². The Morgan fingerprint density at radius 3 is 2.29 bits per heavy atom. The summed E-state index contributed by atoms with van der Waals surface area (Å²) in [7, 11) is 0. The van der Waals surface area contributed by atoms with Gasteiger partial charge in [-0.1, -0.05) is 66.4 Å². The van der Waals surface area contributed by atoms with Crippen LogP contribution in [-0.4, -0.2) is 23.8 Å². The zero-order valence-electron chi connectivity index (χ0n) is 20.5. The lowest BCUT2D eigenvalue weighted by molar-refractivity contribution is -0.113. The number of thioether (sulfide) groups is 1. The average molecular weight is 487 g/mol. The summed E-state index contributed by atoms with van der Waals surface area (Å²) in [6.45, 7) is 6.49. The highest BCUT2D eigenvalue weighted by Gasteiger charge is 2.32.